The summed E-state index contributed by atoms with van der Waals surface area (Å²) in [6, 6.07) is 68.0. The van der Waals surface area contributed by atoms with Gasteiger partial charge in [0.2, 0.25) is 0 Å². The van der Waals surface area contributed by atoms with Gasteiger partial charge in [-0.3, -0.25) is 0 Å². The molecule has 8 aromatic carbocycles. The molecule has 5 nitrogen and oxygen atoms in total. The molecule has 76 heavy (non-hydrogen) atoms. The summed E-state index contributed by atoms with van der Waals surface area (Å²) < 4.78 is 11.7. The Bertz CT molecular complexity index is 4160. The van der Waals surface area contributed by atoms with Crippen molar-refractivity contribution >= 4 is 89.8 Å². The molecule has 0 radical (unpaired) electrons. The monoisotopic (exact) mass is 1190 g/mol. The van der Waals surface area contributed by atoms with Crippen LogP contribution in [0.4, 0.5) is 11.4 Å². The fraction of sp³-hybridized carbons (Fsp3) is 0.217. The van der Waals surface area contributed by atoms with Crippen molar-refractivity contribution in [3.63, 3.8) is 0 Å². The van der Waals surface area contributed by atoms with Crippen molar-refractivity contribution in [1.82, 2.24) is 14.1 Å². The SMILES string of the molecule is CC(C)(C)c1cc(Oc2[c-]c3c(cc2)c2ccccc2n3-c2cc(C(C)(C)C)ccn2)[c-]c(N2[CH-]n3c4c(-c5cc(C(C)(C)C)cc([Si](C)(C)C)c5)cccc4c4ccccc4c4ccccc4c4cccc2c43)c1.[Pt]. The van der Waals surface area contributed by atoms with Crippen LogP contribution < -0.4 is 14.8 Å². The summed E-state index contributed by atoms with van der Waals surface area (Å²) in [5.41, 5.74) is 12.0. The summed E-state index contributed by atoms with van der Waals surface area (Å²) in [4.78, 5) is 7.26. The van der Waals surface area contributed by atoms with Crippen molar-refractivity contribution in [3.8, 4) is 28.4 Å². The normalized spacial score (nSPS) is 13.0. The van der Waals surface area contributed by atoms with Gasteiger partial charge in [-0.25, -0.2) is 4.98 Å². The van der Waals surface area contributed by atoms with Crippen LogP contribution in [0.2, 0.25) is 19.6 Å². The molecule has 4 heterocycles. The molecule has 0 saturated heterocycles. The van der Waals surface area contributed by atoms with Crippen molar-refractivity contribution < 1.29 is 25.8 Å². The number of rotatable bonds is 6. The summed E-state index contributed by atoms with van der Waals surface area (Å²) in [6.07, 6.45) is 1.92. The molecule has 0 spiro atoms. The van der Waals surface area contributed by atoms with Gasteiger partial charge < -0.3 is 18.8 Å². The van der Waals surface area contributed by atoms with Gasteiger partial charge in [0.05, 0.1) is 8.07 Å². The van der Waals surface area contributed by atoms with Crippen LogP contribution in [0.1, 0.15) is 79.0 Å². The van der Waals surface area contributed by atoms with E-state index in [1.54, 1.807) is 0 Å². The van der Waals surface area contributed by atoms with E-state index in [1.807, 2.05) is 12.3 Å². The molecule has 0 N–H and O–H groups in total. The van der Waals surface area contributed by atoms with Gasteiger partial charge in [-0.2, -0.15) is 6.07 Å². The van der Waals surface area contributed by atoms with Crippen molar-refractivity contribution in [1.29, 1.82) is 0 Å². The van der Waals surface area contributed by atoms with E-state index in [0.29, 0.717) is 11.5 Å². The molecule has 0 unspecified atom stereocenters. The number of anilines is 2. The first kappa shape index (κ1) is 51.0. The van der Waals surface area contributed by atoms with Crippen LogP contribution >= 0.6 is 0 Å². The minimum absolute atomic E-state index is 0. The van der Waals surface area contributed by atoms with E-state index in [9.17, 15) is 0 Å². The van der Waals surface area contributed by atoms with Crippen LogP contribution in [-0.2, 0) is 37.3 Å². The van der Waals surface area contributed by atoms with Crippen molar-refractivity contribution in [3.05, 3.63) is 205 Å². The molecule has 3 aromatic heterocycles. The third-order valence-corrected chi connectivity index (χ3v) is 17.3. The second kappa shape index (κ2) is 18.6. The van der Waals surface area contributed by atoms with E-state index in [-0.39, 0.29) is 37.3 Å². The smallest absolute Gasteiger partial charge is 0.135 e. The summed E-state index contributed by atoms with van der Waals surface area (Å²) in [7, 11) is -1.75. The van der Waals surface area contributed by atoms with Gasteiger partial charge in [0.15, 0.2) is 0 Å². The molecule has 11 aromatic rings. The number of aromatic nitrogens is 3. The van der Waals surface area contributed by atoms with E-state index in [2.05, 4.69) is 273 Å². The zero-order chi connectivity index (χ0) is 52.3. The van der Waals surface area contributed by atoms with Gasteiger partial charge in [0.25, 0.3) is 0 Å². The van der Waals surface area contributed by atoms with Gasteiger partial charge in [-0.05, 0) is 118 Å². The predicted octanol–water partition coefficient (Wildman–Crippen LogP) is 18.3. The summed E-state index contributed by atoms with van der Waals surface area (Å²) in [6.45, 7) is 30.2. The Morgan fingerprint density at radius 2 is 1.08 bits per heavy atom. The molecule has 12 rings (SSSR count). The van der Waals surface area contributed by atoms with E-state index in [1.165, 1.54) is 54.4 Å². The Morgan fingerprint density at radius 1 is 0.500 bits per heavy atom. The first-order valence-electron chi connectivity index (χ1n) is 26.4. The minimum Gasteiger partial charge on any atom is -0.509 e. The molecular weight excluding hydrogens is 1120 g/mol. The van der Waals surface area contributed by atoms with Crippen LogP contribution in [0, 0.1) is 18.8 Å². The molecule has 0 amide bonds. The largest absolute Gasteiger partial charge is 0.509 e. The Labute approximate surface area is 463 Å². The van der Waals surface area contributed by atoms with E-state index in [4.69, 9.17) is 9.72 Å². The quantitative estimate of drug-likeness (QED) is 0.123. The fourth-order valence-electron chi connectivity index (χ4n) is 11.0. The molecular formula is C69H65N4OPtSi-3. The second-order valence-electron chi connectivity index (χ2n) is 24.7. The van der Waals surface area contributed by atoms with E-state index in [0.717, 1.165) is 61.0 Å². The van der Waals surface area contributed by atoms with Crippen LogP contribution in [0.15, 0.2) is 170 Å². The number of benzene rings is 8. The number of hydrogen-bond acceptors (Lipinski definition) is 3. The average molecular weight is 1190 g/mol. The number of ether oxygens (including phenoxy) is 1. The molecule has 0 fully saturated rings. The van der Waals surface area contributed by atoms with Gasteiger partial charge in [0.1, 0.15) is 5.82 Å². The Hall–Kier alpha value is -7.11. The summed E-state index contributed by atoms with van der Waals surface area (Å²) in [5, 5.41) is 10.8. The number of fused-ring (bicyclic) bond motifs is 10. The number of hydrogen-bond donors (Lipinski definition) is 0. The topological polar surface area (TPSA) is 35.2 Å². The first-order chi connectivity index (χ1) is 35.7. The third-order valence-electron chi connectivity index (χ3n) is 15.3. The molecule has 1 aliphatic rings. The van der Waals surface area contributed by atoms with Crippen molar-refractivity contribution in [2.75, 3.05) is 4.90 Å². The number of pyridine rings is 1. The molecule has 7 heteroatoms. The first-order valence-corrected chi connectivity index (χ1v) is 29.9. The predicted molar refractivity (Wildman–Crippen MR) is 321 cm³/mol. The second-order valence-corrected chi connectivity index (χ2v) is 29.8. The molecule has 0 bridgehead atoms. The van der Waals surface area contributed by atoms with Crippen LogP contribution in [-0.4, -0.2) is 22.2 Å². The van der Waals surface area contributed by atoms with Gasteiger partial charge in [0, 0.05) is 50.0 Å². The van der Waals surface area contributed by atoms with Gasteiger partial charge in [-0.1, -0.05) is 214 Å². The van der Waals surface area contributed by atoms with Crippen molar-refractivity contribution in [2.45, 2.75) is 98.2 Å². The molecule has 0 atom stereocenters. The molecule has 1 aliphatic heterocycles. The zero-order valence-electron chi connectivity index (χ0n) is 45.8. The van der Waals surface area contributed by atoms with E-state index >= 15 is 0 Å². The maximum absolute atomic E-state index is 7.02. The standard InChI is InChI=1S/C69H65N4OSi.Pt/c1-67(2,3)45-33-34-70-64(40-45)73-61-29-18-17-25-57(61)58-32-31-49(42-63(58)73)74-50-38-47(69(7,8)9)37-48(41-50)71-43-72-65-52(44-35-46(68(4,5)6)39-51(36-44)75(10,11)12)26-19-27-59(65)55-23-15-13-21-53(55)54-22-14-16-24-56(54)60-28-20-30-62(71)66(60)72;/h13-40,43H,1-12H3;/q-3;. The van der Waals surface area contributed by atoms with Crippen LogP contribution in [0.5, 0.6) is 11.5 Å². The Morgan fingerprint density at radius 3 is 1.72 bits per heavy atom. The average Bonchev–Trinajstić information content (AvgIpc) is 4.00. The number of para-hydroxylation sites is 3. The van der Waals surface area contributed by atoms with E-state index < -0.39 is 8.07 Å². The van der Waals surface area contributed by atoms with Crippen LogP contribution in [0.25, 0.3) is 82.1 Å². The Kier molecular flexibility index (Phi) is 12.5. The minimum atomic E-state index is -1.75. The summed E-state index contributed by atoms with van der Waals surface area (Å²) in [5.74, 6) is 2.08. The fourth-order valence-corrected chi connectivity index (χ4v) is 12.2. The maximum Gasteiger partial charge on any atom is 0.135 e. The molecule has 384 valence electrons. The number of nitrogens with zero attached hydrogens (tertiary/aromatic N) is 4. The molecule has 0 saturated carbocycles. The molecule has 0 aliphatic carbocycles. The zero-order valence-corrected chi connectivity index (χ0v) is 49.0. The Balaban J connectivity index is 0.00000616. The third kappa shape index (κ3) is 8.87. The van der Waals surface area contributed by atoms with Crippen molar-refractivity contribution in [2.24, 2.45) is 0 Å². The van der Waals surface area contributed by atoms with Crippen LogP contribution in [0.3, 0.4) is 0 Å². The summed E-state index contributed by atoms with van der Waals surface area (Å²) >= 11 is 0. The van der Waals surface area contributed by atoms with Gasteiger partial charge >= 0.3 is 0 Å². The maximum atomic E-state index is 7.02. The van der Waals surface area contributed by atoms with Gasteiger partial charge in [-0.15, -0.1) is 41.3 Å².